The van der Waals surface area contributed by atoms with Gasteiger partial charge in [-0.25, -0.2) is 0 Å². The lowest BCUT2D eigenvalue weighted by Gasteiger charge is -2.33. The summed E-state index contributed by atoms with van der Waals surface area (Å²) in [5.74, 6) is 0. The fourth-order valence-electron chi connectivity index (χ4n) is 2.79. The fourth-order valence-corrected chi connectivity index (χ4v) is 2.79. The zero-order chi connectivity index (χ0) is 15.6. The number of ether oxygens (including phenoxy) is 1. The minimum absolute atomic E-state index is 0.0689. The van der Waals surface area contributed by atoms with Gasteiger partial charge in [-0.15, -0.1) is 0 Å². The SMILES string of the molecule is CC(O)CNCCCOC(CCO)NC1(CO)CCCC1. The molecule has 2 unspecified atom stereocenters. The van der Waals surface area contributed by atoms with Gasteiger partial charge in [-0.1, -0.05) is 12.8 Å². The summed E-state index contributed by atoms with van der Waals surface area (Å²) < 4.78 is 5.79. The van der Waals surface area contributed by atoms with Gasteiger partial charge in [0.1, 0.15) is 6.23 Å². The van der Waals surface area contributed by atoms with Crippen molar-refractivity contribution in [2.75, 3.05) is 32.9 Å². The number of rotatable bonds is 12. The van der Waals surface area contributed by atoms with Crippen molar-refractivity contribution in [3.63, 3.8) is 0 Å². The lowest BCUT2D eigenvalue weighted by molar-refractivity contribution is -0.0188. The maximum atomic E-state index is 9.61. The molecule has 0 aromatic heterocycles. The zero-order valence-electron chi connectivity index (χ0n) is 13.2. The van der Waals surface area contributed by atoms with E-state index in [0.717, 1.165) is 38.6 Å². The average molecular weight is 304 g/mol. The Kier molecular flexibility index (Phi) is 9.39. The number of hydrogen-bond donors (Lipinski definition) is 5. The highest BCUT2D eigenvalue weighted by Crippen LogP contribution is 2.29. The summed E-state index contributed by atoms with van der Waals surface area (Å²) >= 11 is 0. The van der Waals surface area contributed by atoms with Crippen LogP contribution in [0.4, 0.5) is 0 Å². The second-order valence-electron chi connectivity index (χ2n) is 6.07. The molecule has 1 rings (SSSR count). The van der Waals surface area contributed by atoms with Crippen LogP contribution in [-0.4, -0.2) is 66.1 Å². The van der Waals surface area contributed by atoms with E-state index in [4.69, 9.17) is 14.9 Å². The molecule has 1 fully saturated rings. The monoisotopic (exact) mass is 304 g/mol. The van der Waals surface area contributed by atoms with Gasteiger partial charge in [0.2, 0.25) is 0 Å². The smallest absolute Gasteiger partial charge is 0.110 e. The maximum absolute atomic E-state index is 9.61. The Labute approximate surface area is 127 Å². The molecule has 1 aliphatic rings. The molecule has 0 saturated heterocycles. The molecule has 0 aliphatic heterocycles. The van der Waals surface area contributed by atoms with Crippen molar-refractivity contribution in [1.29, 1.82) is 0 Å². The Morgan fingerprint density at radius 3 is 2.52 bits per heavy atom. The van der Waals surface area contributed by atoms with E-state index in [1.165, 1.54) is 0 Å². The molecule has 2 atom stereocenters. The Balaban J connectivity index is 2.23. The van der Waals surface area contributed by atoms with Gasteiger partial charge < -0.3 is 25.4 Å². The van der Waals surface area contributed by atoms with E-state index in [2.05, 4.69) is 10.6 Å². The highest BCUT2D eigenvalue weighted by Gasteiger charge is 2.35. The van der Waals surface area contributed by atoms with E-state index in [1.807, 2.05) is 0 Å². The predicted molar refractivity (Wildman–Crippen MR) is 82.0 cm³/mol. The second-order valence-corrected chi connectivity index (χ2v) is 6.07. The number of aliphatic hydroxyl groups excluding tert-OH is 3. The molecule has 0 aromatic carbocycles. The van der Waals surface area contributed by atoms with Gasteiger partial charge in [-0.2, -0.15) is 0 Å². The molecular formula is C15H32N2O4. The predicted octanol–water partition coefficient (Wildman–Crippen LogP) is -0.0333. The molecular weight excluding hydrogens is 272 g/mol. The van der Waals surface area contributed by atoms with Crippen molar-refractivity contribution in [3.05, 3.63) is 0 Å². The average Bonchev–Trinajstić information content (AvgIpc) is 2.91. The quantitative estimate of drug-likeness (QED) is 0.257. The van der Waals surface area contributed by atoms with Crippen molar-refractivity contribution in [3.8, 4) is 0 Å². The number of aliphatic hydroxyl groups is 3. The van der Waals surface area contributed by atoms with Crippen LogP contribution in [-0.2, 0) is 4.74 Å². The Morgan fingerprint density at radius 1 is 1.24 bits per heavy atom. The summed E-state index contributed by atoms with van der Waals surface area (Å²) in [5.41, 5.74) is -0.232. The molecule has 5 N–H and O–H groups in total. The van der Waals surface area contributed by atoms with Crippen molar-refractivity contribution in [2.45, 2.75) is 63.3 Å². The van der Waals surface area contributed by atoms with E-state index in [0.29, 0.717) is 19.6 Å². The molecule has 0 radical (unpaired) electrons. The third kappa shape index (κ3) is 7.54. The van der Waals surface area contributed by atoms with Crippen LogP contribution in [0.1, 0.15) is 45.4 Å². The van der Waals surface area contributed by atoms with Crippen LogP contribution in [0, 0.1) is 0 Å². The molecule has 6 nitrogen and oxygen atoms in total. The largest absolute Gasteiger partial charge is 0.396 e. The standard InChI is InChI=1S/C15H32N2O4/c1-13(20)11-16-8-4-10-21-14(5-9-18)17-15(12-19)6-2-3-7-15/h13-14,16-20H,2-12H2,1H3. The van der Waals surface area contributed by atoms with E-state index < -0.39 is 0 Å². The summed E-state index contributed by atoms with van der Waals surface area (Å²) in [7, 11) is 0. The molecule has 21 heavy (non-hydrogen) atoms. The van der Waals surface area contributed by atoms with Crippen LogP contribution in [0.2, 0.25) is 0 Å². The van der Waals surface area contributed by atoms with E-state index in [1.54, 1.807) is 6.92 Å². The summed E-state index contributed by atoms with van der Waals surface area (Å²) in [5, 5.41) is 34.4. The van der Waals surface area contributed by atoms with Gasteiger partial charge in [0.15, 0.2) is 0 Å². The van der Waals surface area contributed by atoms with Crippen molar-refractivity contribution in [1.82, 2.24) is 10.6 Å². The molecule has 6 heteroatoms. The second kappa shape index (κ2) is 10.5. The Bertz CT molecular complexity index is 258. The number of hydrogen-bond acceptors (Lipinski definition) is 6. The van der Waals surface area contributed by atoms with Crippen molar-refractivity contribution >= 4 is 0 Å². The first-order valence-electron chi connectivity index (χ1n) is 8.12. The molecule has 0 heterocycles. The number of nitrogens with one attached hydrogen (secondary N) is 2. The van der Waals surface area contributed by atoms with Gasteiger partial charge in [-0.05, 0) is 32.7 Å². The van der Waals surface area contributed by atoms with Crippen LogP contribution < -0.4 is 10.6 Å². The lowest BCUT2D eigenvalue weighted by Crippen LogP contribution is -2.52. The van der Waals surface area contributed by atoms with Crippen LogP contribution in [0.3, 0.4) is 0 Å². The molecule has 1 saturated carbocycles. The molecule has 0 spiro atoms. The molecule has 0 bridgehead atoms. The molecule has 1 aliphatic carbocycles. The van der Waals surface area contributed by atoms with Gasteiger partial charge in [0, 0.05) is 31.7 Å². The molecule has 126 valence electrons. The van der Waals surface area contributed by atoms with Gasteiger partial charge in [0.05, 0.1) is 12.7 Å². The third-order valence-corrected chi connectivity index (χ3v) is 3.98. The summed E-state index contributed by atoms with van der Waals surface area (Å²) in [6.45, 7) is 3.91. The van der Waals surface area contributed by atoms with Crippen molar-refractivity contribution in [2.24, 2.45) is 0 Å². The minimum atomic E-state index is -0.332. The van der Waals surface area contributed by atoms with E-state index in [9.17, 15) is 5.11 Å². The van der Waals surface area contributed by atoms with Crippen LogP contribution in [0.5, 0.6) is 0 Å². The van der Waals surface area contributed by atoms with Crippen molar-refractivity contribution < 1.29 is 20.1 Å². The van der Waals surface area contributed by atoms with Gasteiger partial charge in [0.25, 0.3) is 0 Å². The molecule has 0 amide bonds. The van der Waals surface area contributed by atoms with Crippen LogP contribution in [0.15, 0.2) is 0 Å². The Morgan fingerprint density at radius 2 is 1.95 bits per heavy atom. The summed E-state index contributed by atoms with van der Waals surface area (Å²) in [4.78, 5) is 0. The first-order chi connectivity index (χ1) is 10.1. The first-order valence-corrected chi connectivity index (χ1v) is 8.12. The summed E-state index contributed by atoms with van der Waals surface area (Å²) in [6.07, 6.45) is 5.02. The topological polar surface area (TPSA) is 94.0 Å². The van der Waals surface area contributed by atoms with Crippen LogP contribution >= 0.6 is 0 Å². The Hall–Kier alpha value is -0.240. The van der Waals surface area contributed by atoms with Gasteiger partial charge in [-0.3, -0.25) is 5.32 Å². The highest BCUT2D eigenvalue weighted by atomic mass is 16.5. The normalized spacial score (nSPS) is 20.6. The van der Waals surface area contributed by atoms with E-state index >= 15 is 0 Å². The van der Waals surface area contributed by atoms with Gasteiger partial charge >= 0.3 is 0 Å². The maximum Gasteiger partial charge on any atom is 0.110 e. The minimum Gasteiger partial charge on any atom is -0.396 e. The summed E-state index contributed by atoms with van der Waals surface area (Å²) in [6, 6.07) is 0. The molecule has 0 aromatic rings. The third-order valence-electron chi connectivity index (χ3n) is 3.98. The first kappa shape index (κ1) is 18.8. The zero-order valence-corrected chi connectivity index (χ0v) is 13.2. The lowest BCUT2D eigenvalue weighted by atomic mass is 9.98. The van der Waals surface area contributed by atoms with Crippen LogP contribution in [0.25, 0.3) is 0 Å². The highest BCUT2D eigenvalue weighted by molar-refractivity contribution is 4.93. The fraction of sp³-hybridized carbons (Fsp3) is 1.00. The van der Waals surface area contributed by atoms with E-state index in [-0.39, 0.29) is 31.1 Å².